The summed E-state index contributed by atoms with van der Waals surface area (Å²) in [6.07, 6.45) is 6.41. The standard InChI is InChI=1S/C17H22N2/c1-3-8-19-17(15-10-12(15)2)14-6-4-5-13-7-9-18-11-16(13)14/h4-7,9,11-12,15,17,19H,3,8,10H2,1-2H3. The van der Waals surface area contributed by atoms with Crippen LogP contribution in [0, 0.1) is 11.8 Å². The summed E-state index contributed by atoms with van der Waals surface area (Å²) in [6, 6.07) is 9.20. The van der Waals surface area contributed by atoms with Gasteiger partial charge in [-0.1, -0.05) is 32.0 Å². The number of nitrogens with zero attached hydrogens (tertiary/aromatic N) is 1. The highest BCUT2D eigenvalue weighted by molar-refractivity contribution is 5.85. The fraction of sp³-hybridized carbons (Fsp3) is 0.471. The van der Waals surface area contributed by atoms with Crippen LogP contribution in [0.25, 0.3) is 10.8 Å². The van der Waals surface area contributed by atoms with Crippen LogP contribution in [0.2, 0.25) is 0 Å². The lowest BCUT2D eigenvalue weighted by molar-refractivity contribution is 0.465. The predicted octanol–water partition coefficient (Wildman–Crippen LogP) is 3.93. The molecule has 0 radical (unpaired) electrons. The molecule has 19 heavy (non-hydrogen) atoms. The molecule has 3 unspecified atom stereocenters. The Kier molecular flexibility index (Phi) is 3.52. The Balaban J connectivity index is 1.99. The minimum atomic E-state index is 0.489. The highest BCUT2D eigenvalue weighted by atomic mass is 14.9. The quantitative estimate of drug-likeness (QED) is 0.874. The molecule has 1 N–H and O–H groups in total. The van der Waals surface area contributed by atoms with Crippen LogP contribution in [-0.4, -0.2) is 11.5 Å². The normalized spacial score (nSPS) is 23.5. The van der Waals surface area contributed by atoms with Gasteiger partial charge in [0, 0.05) is 23.8 Å². The van der Waals surface area contributed by atoms with Crippen LogP contribution in [0.5, 0.6) is 0 Å². The summed E-state index contributed by atoms with van der Waals surface area (Å²) in [6.45, 7) is 5.67. The molecule has 1 fully saturated rings. The van der Waals surface area contributed by atoms with Crippen molar-refractivity contribution in [2.45, 2.75) is 32.7 Å². The Morgan fingerprint density at radius 2 is 2.21 bits per heavy atom. The van der Waals surface area contributed by atoms with Crippen molar-refractivity contribution in [2.24, 2.45) is 11.8 Å². The lowest BCUT2D eigenvalue weighted by Gasteiger charge is -2.20. The second kappa shape index (κ2) is 5.30. The Bertz CT molecular complexity index is 559. The van der Waals surface area contributed by atoms with Crippen molar-refractivity contribution in [3.8, 4) is 0 Å². The molecule has 100 valence electrons. The van der Waals surface area contributed by atoms with E-state index in [1.54, 1.807) is 0 Å². The van der Waals surface area contributed by atoms with Crippen molar-refractivity contribution in [1.29, 1.82) is 0 Å². The molecule has 0 aliphatic heterocycles. The van der Waals surface area contributed by atoms with E-state index < -0.39 is 0 Å². The van der Waals surface area contributed by atoms with E-state index in [2.05, 4.69) is 48.4 Å². The number of fused-ring (bicyclic) bond motifs is 1. The molecule has 0 bridgehead atoms. The largest absolute Gasteiger partial charge is 0.310 e. The molecule has 1 aliphatic carbocycles. The molecule has 1 saturated carbocycles. The van der Waals surface area contributed by atoms with Crippen molar-refractivity contribution in [2.75, 3.05) is 6.54 Å². The Hall–Kier alpha value is -1.41. The Morgan fingerprint density at radius 3 is 2.95 bits per heavy atom. The third kappa shape index (κ3) is 2.50. The number of aromatic nitrogens is 1. The van der Waals surface area contributed by atoms with E-state index in [9.17, 15) is 0 Å². The molecular weight excluding hydrogens is 232 g/mol. The summed E-state index contributed by atoms with van der Waals surface area (Å²) < 4.78 is 0. The van der Waals surface area contributed by atoms with Gasteiger partial charge in [0.2, 0.25) is 0 Å². The van der Waals surface area contributed by atoms with E-state index in [1.165, 1.54) is 29.2 Å². The first kappa shape index (κ1) is 12.6. The van der Waals surface area contributed by atoms with Gasteiger partial charge in [0.25, 0.3) is 0 Å². The molecule has 1 aromatic carbocycles. The average Bonchev–Trinajstić information content (AvgIpc) is 3.16. The summed E-state index contributed by atoms with van der Waals surface area (Å²) in [5.41, 5.74) is 1.42. The van der Waals surface area contributed by atoms with Crippen LogP contribution in [0.3, 0.4) is 0 Å². The van der Waals surface area contributed by atoms with Gasteiger partial charge in [-0.05, 0) is 48.2 Å². The summed E-state index contributed by atoms with van der Waals surface area (Å²) >= 11 is 0. The zero-order chi connectivity index (χ0) is 13.2. The van der Waals surface area contributed by atoms with Gasteiger partial charge in [-0.3, -0.25) is 4.98 Å². The Morgan fingerprint density at radius 1 is 1.37 bits per heavy atom. The first-order chi connectivity index (χ1) is 9.31. The van der Waals surface area contributed by atoms with Crippen molar-refractivity contribution >= 4 is 10.8 Å². The maximum atomic E-state index is 4.31. The van der Waals surface area contributed by atoms with E-state index in [4.69, 9.17) is 0 Å². The fourth-order valence-electron chi connectivity index (χ4n) is 3.02. The van der Waals surface area contributed by atoms with Crippen LogP contribution in [0.1, 0.15) is 38.3 Å². The van der Waals surface area contributed by atoms with Gasteiger partial charge in [-0.25, -0.2) is 0 Å². The van der Waals surface area contributed by atoms with Crippen LogP contribution in [0.15, 0.2) is 36.7 Å². The molecule has 3 atom stereocenters. The van der Waals surface area contributed by atoms with E-state index in [0.717, 1.165) is 18.4 Å². The molecule has 2 heteroatoms. The first-order valence-corrected chi connectivity index (χ1v) is 7.37. The van der Waals surface area contributed by atoms with Crippen molar-refractivity contribution in [3.05, 3.63) is 42.2 Å². The van der Waals surface area contributed by atoms with Gasteiger partial charge in [0.1, 0.15) is 0 Å². The second-order valence-corrected chi connectivity index (χ2v) is 5.75. The van der Waals surface area contributed by atoms with Crippen LogP contribution < -0.4 is 5.32 Å². The number of rotatable bonds is 5. The number of pyridine rings is 1. The third-order valence-electron chi connectivity index (χ3n) is 4.27. The van der Waals surface area contributed by atoms with Gasteiger partial charge in [0.05, 0.1) is 0 Å². The number of nitrogens with one attached hydrogen (secondary N) is 1. The minimum Gasteiger partial charge on any atom is -0.310 e. The van der Waals surface area contributed by atoms with E-state index >= 15 is 0 Å². The maximum Gasteiger partial charge on any atom is 0.0358 e. The zero-order valence-electron chi connectivity index (χ0n) is 11.8. The van der Waals surface area contributed by atoms with E-state index in [0.29, 0.717) is 6.04 Å². The first-order valence-electron chi connectivity index (χ1n) is 7.37. The lowest BCUT2D eigenvalue weighted by Crippen LogP contribution is -2.24. The Labute approximate surface area is 115 Å². The smallest absolute Gasteiger partial charge is 0.0358 e. The van der Waals surface area contributed by atoms with Gasteiger partial charge >= 0.3 is 0 Å². The number of benzene rings is 1. The number of hydrogen-bond donors (Lipinski definition) is 1. The molecule has 3 rings (SSSR count). The molecular formula is C17H22N2. The van der Waals surface area contributed by atoms with Gasteiger partial charge in [0.15, 0.2) is 0 Å². The van der Waals surface area contributed by atoms with E-state index in [-0.39, 0.29) is 0 Å². The molecule has 2 nitrogen and oxygen atoms in total. The molecule has 1 heterocycles. The summed E-state index contributed by atoms with van der Waals surface area (Å²) in [5.74, 6) is 1.64. The van der Waals surface area contributed by atoms with Crippen molar-refractivity contribution < 1.29 is 0 Å². The van der Waals surface area contributed by atoms with Gasteiger partial charge in [-0.15, -0.1) is 0 Å². The maximum absolute atomic E-state index is 4.31. The average molecular weight is 254 g/mol. The molecule has 0 saturated heterocycles. The van der Waals surface area contributed by atoms with Crippen LogP contribution >= 0.6 is 0 Å². The highest BCUT2D eigenvalue weighted by Gasteiger charge is 2.40. The zero-order valence-corrected chi connectivity index (χ0v) is 11.8. The van der Waals surface area contributed by atoms with Crippen molar-refractivity contribution in [1.82, 2.24) is 10.3 Å². The highest BCUT2D eigenvalue weighted by Crippen LogP contribution is 2.48. The lowest BCUT2D eigenvalue weighted by atomic mass is 9.96. The van der Waals surface area contributed by atoms with Gasteiger partial charge in [-0.2, -0.15) is 0 Å². The summed E-state index contributed by atoms with van der Waals surface area (Å²) in [5, 5.41) is 6.34. The fourth-order valence-corrected chi connectivity index (χ4v) is 3.02. The predicted molar refractivity (Wildman–Crippen MR) is 80.0 cm³/mol. The second-order valence-electron chi connectivity index (χ2n) is 5.75. The summed E-state index contributed by atoms with van der Waals surface area (Å²) in [7, 11) is 0. The molecule has 2 aromatic rings. The monoisotopic (exact) mass is 254 g/mol. The molecule has 1 aromatic heterocycles. The van der Waals surface area contributed by atoms with Crippen LogP contribution in [0.4, 0.5) is 0 Å². The third-order valence-corrected chi connectivity index (χ3v) is 4.27. The number of hydrogen-bond acceptors (Lipinski definition) is 2. The van der Waals surface area contributed by atoms with Crippen LogP contribution in [-0.2, 0) is 0 Å². The molecule has 1 aliphatic rings. The molecule has 0 spiro atoms. The van der Waals surface area contributed by atoms with E-state index in [1.807, 2.05) is 12.4 Å². The minimum absolute atomic E-state index is 0.489. The van der Waals surface area contributed by atoms with Gasteiger partial charge < -0.3 is 5.32 Å². The van der Waals surface area contributed by atoms with Crippen molar-refractivity contribution in [3.63, 3.8) is 0 Å². The summed E-state index contributed by atoms with van der Waals surface area (Å²) in [4.78, 5) is 4.31. The SMILES string of the molecule is CCCNC(c1cccc2ccncc12)C1CC1C. The molecule has 0 amide bonds. The topological polar surface area (TPSA) is 24.9 Å².